The van der Waals surface area contributed by atoms with E-state index in [0.29, 0.717) is 0 Å². The summed E-state index contributed by atoms with van der Waals surface area (Å²) < 4.78 is 5.57. The van der Waals surface area contributed by atoms with E-state index >= 15 is 0 Å². The van der Waals surface area contributed by atoms with Crippen molar-refractivity contribution >= 4 is 11.6 Å². The van der Waals surface area contributed by atoms with Crippen LogP contribution < -0.4 is 0 Å². The van der Waals surface area contributed by atoms with Gasteiger partial charge >= 0.3 is 0 Å². The summed E-state index contributed by atoms with van der Waals surface area (Å²) in [5.41, 5.74) is 1.71. The molecule has 110 valence electrons. The highest BCUT2D eigenvalue weighted by Gasteiger charge is 2.30. The molecule has 1 nitrogen and oxygen atoms in total. The fourth-order valence-corrected chi connectivity index (χ4v) is 4.23. The molecular weight excluding hydrogens is 256 g/mol. The third kappa shape index (κ3) is 4.79. The molecule has 19 heavy (non-hydrogen) atoms. The molecule has 0 aromatic rings. The summed E-state index contributed by atoms with van der Waals surface area (Å²) in [5, 5.41) is 0. The van der Waals surface area contributed by atoms with E-state index in [0.717, 1.165) is 36.9 Å². The van der Waals surface area contributed by atoms with Crippen molar-refractivity contribution in [3.63, 3.8) is 0 Å². The number of rotatable bonds is 5. The summed E-state index contributed by atoms with van der Waals surface area (Å²) in [6.07, 6.45) is 13.4. The summed E-state index contributed by atoms with van der Waals surface area (Å²) >= 11 is 5.69. The van der Waals surface area contributed by atoms with E-state index in [9.17, 15) is 0 Å². The first kappa shape index (κ1) is 15.4. The minimum absolute atomic E-state index is 0.753. The van der Waals surface area contributed by atoms with Crippen LogP contribution in [0.2, 0.25) is 0 Å². The summed E-state index contributed by atoms with van der Waals surface area (Å²) in [6, 6.07) is 0. The van der Waals surface area contributed by atoms with Crippen LogP contribution in [-0.4, -0.2) is 13.2 Å². The second-order valence-corrected chi connectivity index (χ2v) is 6.69. The van der Waals surface area contributed by atoms with Gasteiger partial charge in [-0.3, -0.25) is 0 Å². The number of halogens is 1. The second-order valence-electron chi connectivity index (χ2n) is 6.43. The van der Waals surface area contributed by atoms with Crippen LogP contribution in [0.5, 0.6) is 0 Å². The minimum atomic E-state index is 0.753. The zero-order valence-corrected chi connectivity index (χ0v) is 13.1. The normalized spacial score (nSPS) is 36.7. The Balaban J connectivity index is 1.68. The molecule has 0 saturated heterocycles. The minimum Gasteiger partial charge on any atom is -0.381 e. The van der Waals surface area contributed by atoms with Crippen molar-refractivity contribution in [1.82, 2.24) is 0 Å². The standard InChI is InChI=1S/C17H29ClO/c1-2-19-13-15-5-9-17(10-6-15)16-7-3-14(4-8-16)11-12-18/h11-12,14-17H,2-10,13H2,1H3/b12-11+. The van der Waals surface area contributed by atoms with Gasteiger partial charge < -0.3 is 4.74 Å². The lowest BCUT2D eigenvalue weighted by Crippen LogP contribution is -2.26. The summed E-state index contributed by atoms with van der Waals surface area (Å²) in [4.78, 5) is 0. The molecule has 0 atom stereocenters. The molecule has 2 heteroatoms. The average molecular weight is 285 g/mol. The molecule has 0 N–H and O–H groups in total. The molecule has 0 aliphatic heterocycles. The quantitative estimate of drug-likeness (QED) is 0.658. The first-order chi connectivity index (χ1) is 9.33. The lowest BCUT2D eigenvalue weighted by Gasteiger charge is -2.37. The number of hydrogen-bond donors (Lipinski definition) is 0. The van der Waals surface area contributed by atoms with Crippen molar-refractivity contribution < 1.29 is 4.74 Å². The van der Waals surface area contributed by atoms with E-state index < -0.39 is 0 Å². The summed E-state index contributed by atoms with van der Waals surface area (Å²) in [6.45, 7) is 3.97. The van der Waals surface area contributed by atoms with Crippen LogP contribution in [0.4, 0.5) is 0 Å². The fraction of sp³-hybridized carbons (Fsp3) is 0.882. The van der Waals surface area contributed by atoms with Crippen molar-refractivity contribution in [2.24, 2.45) is 23.7 Å². The molecule has 0 aromatic heterocycles. The maximum atomic E-state index is 5.69. The smallest absolute Gasteiger partial charge is 0.0494 e. The summed E-state index contributed by atoms with van der Waals surface area (Å²) in [5.74, 6) is 3.58. The van der Waals surface area contributed by atoms with Gasteiger partial charge in [0, 0.05) is 18.7 Å². The van der Waals surface area contributed by atoms with Crippen LogP contribution in [0.1, 0.15) is 58.3 Å². The van der Waals surface area contributed by atoms with Crippen molar-refractivity contribution in [3.8, 4) is 0 Å². The predicted molar refractivity (Wildman–Crippen MR) is 82.4 cm³/mol. The number of allylic oxidation sites excluding steroid dienone is 1. The fourth-order valence-electron chi connectivity index (χ4n) is 4.02. The van der Waals surface area contributed by atoms with Crippen molar-refractivity contribution in [3.05, 3.63) is 11.6 Å². The largest absolute Gasteiger partial charge is 0.381 e. The molecule has 0 unspecified atom stereocenters. The van der Waals surface area contributed by atoms with Crippen LogP contribution in [0.3, 0.4) is 0 Å². The third-order valence-electron chi connectivity index (χ3n) is 5.28. The van der Waals surface area contributed by atoms with Gasteiger partial charge in [0.15, 0.2) is 0 Å². The molecule has 0 bridgehead atoms. The van der Waals surface area contributed by atoms with Gasteiger partial charge in [0.1, 0.15) is 0 Å². The first-order valence-electron chi connectivity index (χ1n) is 8.18. The van der Waals surface area contributed by atoms with Crippen LogP contribution in [-0.2, 0) is 4.74 Å². The van der Waals surface area contributed by atoms with E-state index in [2.05, 4.69) is 13.0 Å². The molecule has 2 rings (SSSR count). The van der Waals surface area contributed by atoms with Gasteiger partial charge in [0.2, 0.25) is 0 Å². The number of ether oxygens (including phenoxy) is 1. The number of hydrogen-bond acceptors (Lipinski definition) is 1. The second kappa shape index (κ2) is 8.32. The van der Waals surface area contributed by atoms with E-state index in [1.807, 2.05) is 0 Å². The highest BCUT2D eigenvalue weighted by Crippen LogP contribution is 2.41. The van der Waals surface area contributed by atoms with Gasteiger partial charge in [-0.15, -0.1) is 0 Å². The molecular formula is C17H29ClO. The zero-order chi connectivity index (χ0) is 13.5. The van der Waals surface area contributed by atoms with Gasteiger partial charge in [-0.25, -0.2) is 0 Å². The van der Waals surface area contributed by atoms with Gasteiger partial charge in [0.25, 0.3) is 0 Å². The van der Waals surface area contributed by atoms with Crippen LogP contribution in [0, 0.1) is 23.7 Å². The maximum absolute atomic E-state index is 5.69. The lowest BCUT2D eigenvalue weighted by molar-refractivity contribution is 0.0727. The molecule has 0 aromatic carbocycles. The molecule has 2 aliphatic carbocycles. The Labute approximate surface area is 123 Å². The Bertz CT molecular complexity index is 260. The third-order valence-corrected chi connectivity index (χ3v) is 5.42. The Kier molecular flexibility index (Phi) is 6.73. The maximum Gasteiger partial charge on any atom is 0.0494 e. The first-order valence-corrected chi connectivity index (χ1v) is 8.61. The predicted octanol–water partition coefficient (Wildman–Crippen LogP) is 5.39. The van der Waals surface area contributed by atoms with Crippen molar-refractivity contribution in [1.29, 1.82) is 0 Å². The van der Waals surface area contributed by atoms with Crippen molar-refractivity contribution in [2.45, 2.75) is 58.3 Å². The molecule has 0 spiro atoms. The lowest BCUT2D eigenvalue weighted by atomic mass is 9.69. The zero-order valence-electron chi connectivity index (χ0n) is 12.3. The van der Waals surface area contributed by atoms with Gasteiger partial charge in [-0.05, 0) is 82.0 Å². The van der Waals surface area contributed by atoms with Crippen LogP contribution in [0.25, 0.3) is 0 Å². The molecule has 2 aliphatic rings. The molecule has 0 amide bonds. The topological polar surface area (TPSA) is 9.23 Å². The Morgan fingerprint density at radius 1 is 0.947 bits per heavy atom. The Hall–Kier alpha value is -0.0100. The van der Waals surface area contributed by atoms with Crippen molar-refractivity contribution in [2.75, 3.05) is 13.2 Å². The van der Waals surface area contributed by atoms with E-state index in [-0.39, 0.29) is 0 Å². The van der Waals surface area contributed by atoms with Gasteiger partial charge in [0.05, 0.1) is 0 Å². The van der Waals surface area contributed by atoms with Gasteiger partial charge in [-0.1, -0.05) is 17.7 Å². The highest BCUT2D eigenvalue weighted by atomic mass is 35.5. The van der Waals surface area contributed by atoms with Crippen LogP contribution in [0.15, 0.2) is 11.6 Å². The Morgan fingerprint density at radius 2 is 1.53 bits per heavy atom. The van der Waals surface area contributed by atoms with Gasteiger partial charge in [-0.2, -0.15) is 0 Å². The monoisotopic (exact) mass is 284 g/mol. The molecule has 2 fully saturated rings. The average Bonchev–Trinajstić information content (AvgIpc) is 2.47. The molecule has 0 radical (unpaired) electrons. The summed E-state index contributed by atoms with van der Waals surface area (Å²) in [7, 11) is 0. The SMILES string of the molecule is CCOCC1CCC(C2CCC(/C=C/Cl)CC2)CC1. The van der Waals surface area contributed by atoms with E-state index in [1.54, 1.807) is 5.54 Å². The van der Waals surface area contributed by atoms with Crippen LogP contribution >= 0.6 is 11.6 Å². The highest BCUT2D eigenvalue weighted by molar-refractivity contribution is 6.25. The Morgan fingerprint density at radius 3 is 2.05 bits per heavy atom. The molecule has 2 saturated carbocycles. The van der Waals surface area contributed by atoms with E-state index in [1.165, 1.54) is 51.4 Å². The molecule has 0 heterocycles. The van der Waals surface area contributed by atoms with E-state index in [4.69, 9.17) is 16.3 Å².